The van der Waals surface area contributed by atoms with Crippen LogP contribution < -0.4 is 10.0 Å². The second kappa shape index (κ2) is 8.57. The molecule has 28 heavy (non-hydrogen) atoms. The van der Waals surface area contributed by atoms with Gasteiger partial charge in [-0.3, -0.25) is 4.21 Å². The van der Waals surface area contributed by atoms with E-state index in [1.54, 1.807) is 6.20 Å². The molecule has 9 heteroatoms. The summed E-state index contributed by atoms with van der Waals surface area (Å²) in [6, 6.07) is 7.91. The van der Waals surface area contributed by atoms with E-state index in [1.807, 2.05) is 30.5 Å². The van der Waals surface area contributed by atoms with Crippen LogP contribution in [0.3, 0.4) is 0 Å². The molecule has 0 spiro atoms. The van der Waals surface area contributed by atoms with Gasteiger partial charge in [0.2, 0.25) is 0 Å². The van der Waals surface area contributed by atoms with Gasteiger partial charge in [-0.25, -0.2) is 14.7 Å². The largest absolute Gasteiger partial charge is 0.760 e. The SMILES string of the molecule is O=S([O-])NCC1CCC(Nc2cc(Cl)cc(-c3c[nH]c4ncccc34)n2)CC1. The normalized spacial score (nSPS) is 20.9. The van der Waals surface area contributed by atoms with Crippen LogP contribution >= 0.6 is 11.6 Å². The Morgan fingerprint density at radius 1 is 1.29 bits per heavy atom. The Labute approximate surface area is 170 Å². The summed E-state index contributed by atoms with van der Waals surface area (Å²) in [7, 11) is 0. The summed E-state index contributed by atoms with van der Waals surface area (Å²) < 4.78 is 23.8. The Kier molecular flexibility index (Phi) is 5.91. The number of hydrogen-bond donors (Lipinski definition) is 3. The molecular weight excluding hydrogens is 398 g/mol. The number of fused-ring (bicyclic) bond motifs is 1. The fourth-order valence-electron chi connectivity index (χ4n) is 3.78. The number of anilines is 1. The summed E-state index contributed by atoms with van der Waals surface area (Å²) in [5, 5.41) is 5.13. The summed E-state index contributed by atoms with van der Waals surface area (Å²) in [4.78, 5) is 12.3. The minimum absolute atomic E-state index is 0.303. The van der Waals surface area contributed by atoms with Crippen LogP contribution in [0.4, 0.5) is 5.82 Å². The van der Waals surface area contributed by atoms with Crippen molar-refractivity contribution in [2.75, 3.05) is 11.9 Å². The van der Waals surface area contributed by atoms with E-state index >= 15 is 0 Å². The highest BCUT2D eigenvalue weighted by Crippen LogP contribution is 2.31. The van der Waals surface area contributed by atoms with Gasteiger partial charge in [0.05, 0.1) is 5.69 Å². The van der Waals surface area contributed by atoms with E-state index in [0.29, 0.717) is 23.5 Å². The van der Waals surface area contributed by atoms with Gasteiger partial charge in [0.25, 0.3) is 0 Å². The zero-order valence-electron chi connectivity index (χ0n) is 15.2. The number of nitrogens with zero attached hydrogens (tertiary/aromatic N) is 2. The number of nitrogens with one attached hydrogen (secondary N) is 3. The summed E-state index contributed by atoms with van der Waals surface area (Å²) >= 11 is 4.17. The standard InChI is InChI=1S/C19H22ClN5O2S/c20-13-8-17(16-11-22-19-15(16)2-1-7-21-19)25-18(9-13)24-14-5-3-12(4-6-14)10-23-28(26)27/h1-2,7-9,11-12,14,23H,3-6,10H2,(H,21,22)(H,24,25)(H,26,27)/p-1. The van der Waals surface area contributed by atoms with E-state index < -0.39 is 11.3 Å². The van der Waals surface area contributed by atoms with Gasteiger partial charge in [0, 0.05) is 52.2 Å². The lowest BCUT2D eigenvalue weighted by Gasteiger charge is -2.29. The van der Waals surface area contributed by atoms with Crippen LogP contribution in [0.5, 0.6) is 0 Å². The molecule has 1 unspecified atom stereocenters. The average molecular weight is 419 g/mol. The molecule has 4 rings (SSSR count). The molecule has 3 aromatic rings. The van der Waals surface area contributed by atoms with Gasteiger partial charge in [-0.2, -0.15) is 0 Å². The van der Waals surface area contributed by atoms with Gasteiger partial charge in [0.1, 0.15) is 11.5 Å². The molecular formula is C19H21ClN5O2S-. The van der Waals surface area contributed by atoms with Gasteiger partial charge in [0.15, 0.2) is 0 Å². The number of pyridine rings is 2. The molecule has 0 saturated heterocycles. The predicted octanol–water partition coefficient (Wildman–Crippen LogP) is 3.63. The fourth-order valence-corrected chi connectivity index (χ4v) is 4.36. The first-order chi connectivity index (χ1) is 13.6. The van der Waals surface area contributed by atoms with E-state index in [0.717, 1.165) is 53.8 Å². The molecule has 1 aliphatic rings. The third-order valence-electron chi connectivity index (χ3n) is 5.21. The van der Waals surface area contributed by atoms with Crippen molar-refractivity contribution in [3.8, 4) is 11.3 Å². The van der Waals surface area contributed by atoms with Gasteiger partial charge >= 0.3 is 0 Å². The van der Waals surface area contributed by atoms with E-state index in [-0.39, 0.29) is 0 Å². The highest BCUT2D eigenvalue weighted by Gasteiger charge is 2.21. The quantitative estimate of drug-likeness (QED) is 0.530. The van der Waals surface area contributed by atoms with Crippen LogP contribution in [-0.4, -0.2) is 36.3 Å². The molecule has 0 aromatic carbocycles. The van der Waals surface area contributed by atoms with Gasteiger partial charge in [-0.15, -0.1) is 0 Å². The Morgan fingerprint density at radius 3 is 2.89 bits per heavy atom. The topological polar surface area (TPSA) is 106 Å². The predicted molar refractivity (Wildman–Crippen MR) is 111 cm³/mol. The number of hydrogen-bond acceptors (Lipinski definition) is 5. The van der Waals surface area contributed by atoms with Crippen LogP contribution in [0.25, 0.3) is 22.3 Å². The van der Waals surface area contributed by atoms with Crippen LogP contribution in [0.15, 0.2) is 36.7 Å². The van der Waals surface area contributed by atoms with Crippen molar-refractivity contribution in [2.24, 2.45) is 5.92 Å². The first-order valence-electron chi connectivity index (χ1n) is 9.28. The van der Waals surface area contributed by atoms with E-state index in [9.17, 15) is 8.76 Å². The maximum Gasteiger partial charge on any atom is 0.137 e. The highest BCUT2D eigenvalue weighted by molar-refractivity contribution is 7.77. The van der Waals surface area contributed by atoms with Gasteiger partial charge < -0.3 is 14.9 Å². The van der Waals surface area contributed by atoms with Crippen molar-refractivity contribution >= 4 is 39.7 Å². The monoisotopic (exact) mass is 418 g/mol. The summed E-state index contributed by atoms with van der Waals surface area (Å²) in [5.74, 6) is 1.14. The molecule has 1 fully saturated rings. The van der Waals surface area contributed by atoms with Crippen LogP contribution in [0.1, 0.15) is 25.7 Å². The smallest absolute Gasteiger partial charge is 0.137 e. The van der Waals surface area contributed by atoms with Crippen molar-refractivity contribution in [2.45, 2.75) is 31.7 Å². The first kappa shape index (κ1) is 19.3. The molecule has 0 radical (unpaired) electrons. The number of rotatable bonds is 6. The molecule has 0 amide bonds. The maximum absolute atomic E-state index is 10.6. The van der Waals surface area contributed by atoms with Crippen LogP contribution in [0, 0.1) is 5.92 Å². The lowest BCUT2D eigenvalue weighted by molar-refractivity contribution is 0.336. The van der Waals surface area contributed by atoms with E-state index in [2.05, 4.69) is 20.0 Å². The van der Waals surface area contributed by atoms with Crippen molar-refractivity contribution in [3.63, 3.8) is 0 Å². The minimum Gasteiger partial charge on any atom is -0.760 e. The molecule has 0 bridgehead atoms. The molecule has 3 aromatic heterocycles. The number of aromatic amines is 1. The Bertz CT molecular complexity index is 987. The fraction of sp³-hybridized carbons (Fsp3) is 0.368. The summed E-state index contributed by atoms with van der Waals surface area (Å²) in [5.41, 5.74) is 2.58. The Hall–Kier alpha value is -2.00. The van der Waals surface area contributed by atoms with Crippen LogP contribution in [0.2, 0.25) is 5.02 Å². The van der Waals surface area contributed by atoms with Gasteiger partial charge in [-0.05, 0) is 55.9 Å². The Morgan fingerprint density at radius 2 is 2.11 bits per heavy atom. The maximum atomic E-state index is 10.6. The first-order valence-corrected chi connectivity index (χ1v) is 10.7. The lowest BCUT2D eigenvalue weighted by Crippen LogP contribution is -2.32. The minimum atomic E-state index is -2.19. The average Bonchev–Trinajstić information content (AvgIpc) is 3.11. The molecule has 3 N–H and O–H groups in total. The van der Waals surface area contributed by atoms with Crippen molar-refractivity contribution < 1.29 is 8.76 Å². The second-order valence-electron chi connectivity index (χ2n) is 7.10. The summed E-state index contributed by atoms with van der Waals surface area (Å²) in [6.07, 6.45) is 7.55. The number of H-pyrrole nitrogens is 1. The molecule has 148 valence electrons. The summed E-state index contributed by atoms with van der Waals surface area (Å²) in [6.45, 7) is 0.511. The third kappa shape index (κ3) is 4.52. The van der Waals surface area contributed by atoms with E-state index in [4.69, 9.17) is 16.6 Å². The van der Waals surface area contributed by atoms with Crippen molar-refractivity contribution in [1.29, 1.82) is 0 Å². The van der Waals surface area contributed by atoms with Crippen LogP contribution in [-0.2, 0) is 11.3 Å². The number of aromatic nitrogens is 3. The zero-order valence-corrected chi connectivity index (χ0v) is 16.7. The lowest BCUT2D eigenvalue weighted by atomic mass is 9.86. The number of halogens is 1. The molecule has 3 heterocycles. The highest BCUT2D eigenvalue weighted by atomic mass is 35.5. The second-order valence-corrected chi connectivity index (χ2v) is 8.30. The van der Waals surface area contributed by atoms with Gasteiger partial charge in [-0.1, -0.05) is 11.6 Å². The van der Waals surface area contributed by atoms with Crippen molar-refractivity contribution in [1.82, 2.24) is 19.7 Å². The molecule has 0 aliphatic heterocycles. The molecule has 1 saturated carbocycles. The Balaban J connectivity index is 1.46. The molecule has 1 atom stereocenters. The van der Waals surface area contributed by atoms with Crippen molar-refractivity contribution in [3.05, 3.63) is 41.7 Å². The molecule has 7 nitrogen and oxygen atoms in total. The van der Waals surface area contributed by atoms with E-state index in [1.165, 1.54) is 0 Å². The third-order valence-corrected chi connectivity index (χ3v) is 5.83. The molecule has 1 aliphatic carbocycles. The zero-order chi connectivity index (χ0) is 19.5.